The topological polar surface area (TPSA) is 186 Å². The monoisotopic (exact) mass is 485 g/mol. The SMILES string of the molecule is CNCC(C(=O)[O-])N1CCN(C(C)C(=O)[O-])CCN(C(C)C(=O)[O-])CCN(C(C)C(=O)[O-])CC1. The first-order valence-electron chi connectivity index (χ1n) is 11.3. The summed E-state index contributed by atoms with van der Waals surface area (Å²) < 4.78 is 0. The van der Waals surface area contributed by atoms with E-state index in [0.717, 1.165) is 0 Å². The molecule has 1 heterocycles. The Labute approximate surface area is 199 Å². The minimum absolute atomic E-state index is 0.0747. The van der Waals surface area contributed by atoms with Crippen LogP contribution in [-0.2, 0) is 19.2 Å². The van der Waals surface area contributed by atoms with Gasteiger partial charge in [0.1, 0.15) is 0 Å². The molecule has 34 heavy (non-hydrogen) atoms. The fourth-order valence-corrected chi connectivity index (χ4v) is 3.95. The number of rotatable bonds is 10. The molecule has 196 valence electrons. The van der Waals surface area contributed by atoms with E-state index in [1.54, 1.807) is 26.6 Å². The number of carbonyl (C=O) groups excluding carboxylic acids is 4. The second-order valence-electron chi connectivity index (χ2n) is 8.52. The number of likely N-dealkylation sites (N-methyl/N-ethyl adjacent to an activating group) is 1. The highest BCUT2D eigenvalue weighted by Gasteiger charge is 2.26. The van der Waals surface area contributed by atoms with Crippen LogP contribution in [-0.4, -0.2) is 134 Å². The van der Waals surface area contributed by atoms with Crippen LogP contribution in [0.15, 0.2) is 0 Å². The number of carboxylic acids is 4. The molecule has 1 fully saturated rings. The molecular formula is C21H35N5O8-4. The van der Waals surface area contributed by atoms with Gasteiger partial charge >= 0.3 is 0 Å². The van der Waals surface area contributed by atoms with E-state index in [1.165, 1.54) is 20.8 Å². The summed E-state index contributed by atoms with van der Waals surface area (Å²) in [5.74, 6) is -5.23. The molecule has 0 aromatic heterocycles. The van der Waals surface area contributed by atoms with E-state index in [2.05, 4.69) is 5.32 Å². The molecule has 0 aliphatic carbocycles. The Bertz CT molecular complexity index is 673. The van der Waals surface area contributed by atoms with Crippen molar-refractivity contribution in [1.82, 2.24) is 24.9 Å². The molecular weight excluding hydrogens is 450 g/mol. The van der Waals surface area contributed by atoms with Gasteiger partial charge in [-0.25, -0.2) is 0 Å². The maximum atomic E-state index is 11.8. The maximum absolute atomic E-state index is 11.8. The fraction of sp³-hybridized carbons (Fsp3) is 0.810. The molecule has 4 atom stereocenters. The van der Waals surface area contributed by atoms with Gasteiger partial charge in [-0.1, -0.05) is 0 Å². The van der Waals surface area contributed by atoms with Crippen molar-refractivity contribution in [2.24, 2.45) is 0 Å². The summed E-state index contributed by atoms with van der Waals surface area (Å²) in [5.41, 5.74) is 0. The first-order valence-corrected chi connectivity index (χ1v) is 11.3. The van der Waals surface area contributed by atoms with E-state index >= 15 is 0 Å². The first-order chi connectivity index (χ1) is 15.9. The van der Waals surface area contributed by atoms with Crippen LogP contribution in [0.4, 0.5) is 0 Å². The summed E-state index contributed by atoms with van der Waals surface area (Å²) in [6, 6.07) is -4.00. The highest BCUT2D eigenvalue weighted by molar-refractivity contribution is 5.72. The predicted molar refractivity (Wildman–Crippen MR) is 112 cm³/mol. The Kier molecular flexibility index (Phi) is 12.4. The van der Waals surface area contributed by atoms with Crippen molar-refractivity contribution in [3.63, 3.8) is 0 Å². The fourth-order valence-electron chi connectivity index (χ4n) is 3.95. The van der Waals surface area contributed by atoms with E-state index in [-0.39, 0.29) is 58.9 Å². The predicted octanol–water partition coefficient (Wildman–Crippen LogP) is -7.04. The third kappa shape index (κ3) is 8.80. The van der Waals surface area contributed by atoms with Crippen LogP contribution in [0.3, 0.4) is 0 Å². The summed E-state index contributed by atoms with van der Waals surface area (Å²) in [4.78, 5) is 52.8. The van der Waals surface area contributed by atoms with Crippen molar-refractivity contribution in [2.45, 2.75) is 44.9 Å². The molecule has 1 rings (SSSR count). The smallest absolute Gasteiger partial charge is 0.0620 e. The van der Waals surface area contributed by atoms with Gasteiger partial charge in [-0.05, 0) is 27.8 Å². The molecule has 0 amide bonds. The average Bonchev–Trinajstić information content (AvgIpc) is 2.76. The number of carboxylic acid groups (broad SMARTS) is 4. The number of hydrogen-bond acceptors (Lipinski definition) is 13. The molecule has 1 aliphatic rings. The molecule has 1 aliphatic heterocycles. The van der Waals surface area contributed by atoms with Gasteiger partial charge in [0.05, 0.1) is 29.9 Å². The molecule has 13 heteroatoms. The molecule has 1 N–H and O–H groups in total. The van der Waals surface area contributed by atoms with Crippen LogP contribution in [0.25, 0.3) is 0 Å². The van der Waals surface area contributed by atoms with Gasteiger partial charge in [0.2, 0.25) is 0 Å². The summed E-state index contributed by atoms with van der Waals surface area (Å²) >= 11 is 0. The summed E-state index contributed by atoms with van der Waals surface area (Å²) in [7, 11) is 1.59. The minimum atomic E-state index is -1.31. The Morgan fingerprint density at radius 1 is 0.588 bits per heavy atom. The van der Waals surface area contributed by atoms with Crippen molar-refractivity contribution in [2.75, 3.05) is 66.0 Å². The first kappa shape index (κ1) is 29.7. The van der Waals surface area contributed by atoms with E-state index in [0.29, 0.717) is 0 Å². The number of carbonyl (C=O) groups is 4. The third-order valence-corrected chi connectivity index (χ3v) is 6.47. The van der Waals surface area contributed by atoms with Gasteiger partial charge in [-0.2, -0.15) is 0 Å². The van der Waals surface area contributed by atoms with Crippen molar-refractivity contribution in [1.29, 1.82) is 0 Å². The zero-order valence-electron chi connectivity index (χ0n) is 20.2. The zero-order valence-corrected chi connectivity index (χ0v) is 20.2. The second-order valence-corrected chi connectivity index (χ2v) is 8.52. The Morgan fingerprint density at radius 2 is 0.853 bits per heavy atom. The van der Waals surface area contributed by atoms with Crippen LogP contribution in [0.5, 0.6) is 0 Å². The van der Waals surface area contributed by atoms with Gasteiger partial charge in [-0.15, -0.1) is 0 Å². The minimum Gasteiger partial charge on any atom is -0.548 e. The lowest BCUT2D eigenvalue weighted by molar-refractivity contribution is -0.314. The number of nitrogens with zero attached hydrogens (tertiary/aromatic N) is 4. The Balaban J connectivity index is 3.29. The molecule has 4 unspecified atom stereocenters. The van der Waals surface area contributed by atoms with Gasteiger partial charge in [0, 0.05) is 77.0 Å². The highest BCUT2D eigenvalue weighted by atomic mass is 16.4. The maximum Gasteiger partial charge on any atom is 0.0620 e. The second kappa shape index (κ2) is 14.2. The summed E-state index contributed by atoms with van der Waals surface area (Å²) in [6.45, 7) is 5.71. The van der Waals surface area contributed by atoms with Crippen molar-refractivity contribution < 1.29 is 39.6 Å². The highest BCUT2D eigenvalue weighted by Crippen LogP contribution is 2.10. The zero-order chi connectivity index (χ0) is 26.0. The summed E-state index contributed by atoms with van der Waals surface area (Å²) in [5, 5.41) is 49.2. The largest absolute Gasteiger partial charge is 0.548 e. The number of aliphatic carboxylic acids is 4. The van der Waals surface area contributed by atoms with Gasteiger partial charge in [-0.3, -0.25) is 19.6 Å². The molecule has 0 aromatic rings. The molecule has 0 saturated carbocycles. The Morgan fingerprint density at radius 3 is 1.06 bits per heavy atom. The van der Waals surface area contributed by atoms with E-state index in [4.69, 9.17) is 0 Å². The van der Waals surface area contributed by atoms with Crippen molar-refractivity contribution in [3.8, 4) is 0 Å². The van der Waals surface area contributed by atoms with Crippen LogP contribution in [0, 0.1) is 0 Å². The molecule has 1 saturated heterocycles. The lowest BCUT2D eigenvalue weighted by Gasteiger charge is -2.41. The summed E-state index contributed by atoms with van der Waals surface area (Å²) in [6.07, 6.45) is 0. The quantitative estimate of drug-likeness (QED) is 0.308. The Hall–Kier alpha value is -2.32. The number of hydrogen-bond donors (Lipinski definition) is 1. The van der Waals surface area contributed by atoms with Gasteiger partial charge in [0.25, 0.3) is 0 Å². The molecule has 0 aromatic carbocycles. The van der Waals surface area contributed by atoms with Crippen LogP contribution in [0.2, 0.25) is 0 Å². The van der Waals surface area contributed by atoms with Crippen LogP contribution in [0.1, 0.15) is 20.8 Å². The van der Waals surface area contributed by atoms with Crippen molar-refractivity contribution in [3.05, 3.63) is 0 Å². The lowest BCUT2D eigenvalue weighted by Crippen LogP contribution is -2.59. The molecule has 0 radical (unpaired) electrons. The van der Waals surface area contributed by atoms with Crippen LogP contribution < -0.4 is 25.7 Å². The third-order valence-electron chi connectivity index (χ3n) is 6.47. The molecule has 0 bridgehead atoms. The van der Waals surface area contributed by atoms with Gasteiger partial charge in [0.15, 0.2) is 0 Å². The van der Waals surface area contributed by atoms with E-state index in [1.807, 2.05) is 0 Å². The molecule has 0 spiro atoms. The average molecular weight is 486 g/mol. The standard InChI is InChI=1S/C21H39N5O8/c1-14(18(27)28)23-5-7-24(15(2)19(29)30)9-11-26(17(13-22-4)21(33)34)12-10-25(8-6-23)16(3)20(31)32/h14-17,22H,5-13H2,1-4H3,(H,27,28)(H,29,30)(H,31,32)(H,33,34)/p-4. The molecule has 13 nitrogen and oxygen atoms in total. The van der Waals surface area contributed by atoms with E-state index < -0.39 is 48.0 Å². The van der Waals surface area contributed by atoms with Gasteiger partial charge < -0.3 is 44.9 Å². The van der Waals surface area contributed by atoms with Crippen LogP contribution >= 0.6 is 0 Å². The normalized spacial score (nSPS) is 22.0. The lowest BCUT2D eigenvalue weighted by atomic mass is 10.2. The number of nitrogens with one attached hydrogen (secondary N) is 1. The van der Waals surface area contributed by atoms with Crippen molar-refractivity contribution >= 4 is 23.9 Å². The van der Waals surface area contributed by atoms with E-state index in [9.17, 15) is 39.6 Å².